The van der Waals surface area contributed by atoms with Gasteiger partial charge in [0.25, 0.3) is 0 Å². The summed E-state index contributed by atoms with van der Waals surface area (Å²) in [7, 11) is 1.62. The van der Waals surface area contributed by atoms with Crippen LogP contribution >= 0.6 is 0 Å². The van der Waals surface area contributed by atoms with Crippen molar-refractivity contribution in [3.63, 3.8) is 0 Å². The van der Waals surface area contributed by atoms with Gasteiger partial charge < -0.3 is 24.6 Å². The number of para-hydroxylation sites is 2. The summed E-state index contributed by atoms with van der Waals surface area (Å²) in [6.07, 6.45) is -3.64. The molecular weight excluding hydrogens is 499 g/mol. The van der Waals surface area contributed by atoms with Gasteiger partial charge in [0.1, 0.15) is 17.4 Å². The van der Waals surface area contributed by atoms with Crippen molar-refractivity contribution < 1.29 is 27.4 Å². The second-order valence-electron chi connectivity index (χ2n) is 9.12. The Balaban J connectivity index is 1.43. The largest absolute Gasteiger partial charge is 0.496 e. The van der Waals surface area contributed by atoms with Gasteiger partial charge in [0.2, 0.25) is 0 Å². The highest BCUT2D eigenvalue weighted by Gasteiger charge is 2.34. The van der Waals surface area contributed by atoms with Crippen LogP contribution in [0.4, 0.5) is 29.5 Å². The van der Waals surface area contributed by atoms with Crippen molar-refractivity contribution in [1.29, 1.82) is 0 Å². The van der Waals surface area contributed by atoms with Crippen LogP contribution in [0.5, 0.6) is 5.75 Å². The molecule has 2 aromatic carbocycles. The molecule has 8 nitrogen and oxygen atoms in total. The number of halogens is 3. The summed E-state index contributed by atoms with van der Waals surface area (Å²) < 4.78 is 51.3. The van der Waals surface area contributed by atoms with Crippen LogP contribution in [-0.2, 0) is 30.3 Å². The summed E-state index contributed by atoms with van der Waals surface area (Å²) in [5, 5.41) is 2.45. The lowest BCUT2D eigenvalue weighted by atomic mass is 10.0. The van der Waals surface area contributed by atoms with E-state index >= 15 is 0 Å². The van der Waals surface area contributed by atoms with Crippen molar-refractivity contribution in [2.45, 2.75) is 25.6 Å². The van der Waals surface area contributed by atoms with Crippen molar-refractivity contribution in [2.75, 3.05) is 50.2 Å². The molecule has 1 fully saturated rings. The van der Waals surface area contributed by atoms with Crippen LogP contribution in [0.15, 0.2) is 48.5 Å². The molecule has 0 spiro atoms. The summed E-state index contributed by atoms with van der Waals surface area (Å²) in [6, 6.07) is 12.1. The quantitative estimate of drug-likeness (QED) is 0.526. The van der Waals surface area contributed by atoms with Gasteiger partial charge in [-0.2, -0.15) is 13.2 Å². The lowest BCUT2D eigenvalue weighted by molar-refractivity contribution is -0.136. The Morgan fingerprint density at radius 3 is 2.55 bits per heavy atom. The van der Waals surface area contributed by atoms with E-state index in [4.69, 9.17) is 19.4 Å². The molecule has 3 heterocycles. The maximum absolute atomic E-state index is 13.4. The van der Waals surface area contributed by atoms with E-state index in [1.807, 2.05) is 24.3 Å². The van der Waals surface area contributed by atoms with E-state index in [1.165, 1.54) is 23.1 Å². The molecule has 0 radical (unpaired) electrons. The highest BCUT2D eigenvalue weighted by atomic mass is 19.4. The molecule has 2 amide bonds. The van der Waals surface area contributed by atoms with Crippen LogP contribution in [0.2, 0.25) is 0 Å². The summed E-state index contributed by atoms with van der Waals surface area (Å²) in [6.45, 7) is 2.90. The van der Waals surface area contributed by atoms with Crippen molar-refractivity contribution in [3.8, 4) is 5.75 Å². The lowest BCUT2D eigenvalue weighted by Gasteiger charge is -2.34. The molecule has 0 saturated carbocycles. The van der Waals surface area contributed by atoms with E-state index in [-0.39, 0.29) is 12.2 Å². The second kappa shape index (κ2) is 10.9. The molecule has 0 bridgehead atoms. The zero-order valence-electron chi connectivity index (χ0n) is 20.9. The number of methoxy groups -OCH3 is 1. The number of carbonyl (C=O) groups excluding carboxylic acids is 1. The van der Waals surface area contributed by atoms with Crippen LogP contribution in [0.1, 0.15) is 28.2 Å². The van der Waals surface area contributed by atoms with E-state index in [1.54, 1.807) is 7.11 Å². The number of amides is 2. The maximum Gasteiger partial charge on any atom is 0.418 e. The van der Waals surface area contributed by atoms with Crippen LogP contribution in [0, 0.1) is 0 Å². The van der Waals surface area contributed by atoms with Crippen LogP contribution < -0.4 is 15.0 Å². The minimum Gasteiger partial charge on any atom is -0.496 e. The minimum absolute atomic E-state index is 0.191. The van der Waals surface area contributed by atoms with Crippen molar-refractivity contribution >= 4 is 17.5 Å². The Morgan fingerprint density at radius 1 is 1.05 bits per heavy atom. The second-order valence-corrected chi connectivity index (χ2v) is 9.12. The first-order valence-corrected chi connectivity index (χ1v) is 12.4. The van der Waals surface area contributed by atoms with Gasteiger partial charge in [0, 0.05) is 43.6 Å². The zero-order chi connectivity index (χ0) is 26.7. The maximum atomic E-state index is 13.4. The van der Waals surface area contributed by atoms with Gasteiger partial charge in [-0.3, -0.25) is 0 Å². The van der Waals surface area contributed by atoms with E-state index < -0.39 is 17.8 Å². The average Bonchev–Trinajstić information content (AvgIpc) is 2.93. The van der Waals surface area contributed by atoms with Gasteiger partial charge >= 0.3 is 12.2 Å². The summed E-state index contributed by atoms with van der Waals surface area (Å²) in [5.41, 5.74) is 1.45. The zero-order valence-corrected chi connectivity index (χ0v) is 20.9. The smallest absolute Gasteiger partial charge is 0.418 e. The standard InChI is InChI=1S/C27H28F3N5O3/c1-37-23-9-5-2-6-18(23)16-24-31-21-10-11-35(17-19(21)25(33-24)34-12-14-38-15-13-34)26(36)32-22-8-4-3-7-20(22)27(28,29)30/h2-9H,10-17H2,1H3,(H,32,36). The summed E-state index contributed by atoms with van der Waals surface area (Å²) in [4.78, 5) is 26.4. The molecule has 11 heteroatoms. The molecule has 5 rings (SSSR count). The number of morpholine rings is 1. The number of aromatic nitrogens is 2. The molecule has 0 unspecified atom stereocenters. The number of hydrogen-bond acceptors (Lipinski definition) is 6. The Labute approximate surface area is 218 Å². The molecule has 3 aromatic rings. The number of nitrogens with one attached hydrogen (secondary N) is 1. The molecule has 2 aliphatic heterocycles. The first kappa shape index (κ1) is 25.8. The fourth-order valence-corrected chi connectivity index (χ4v) is 4.79. The molecule has 0 atom stereocenters. The predicted molar refractivity (Wildman–Crippen MR) is 135 cm³/mol. The summed E-state index contributed by atoms with van der Waals surface area (Å²) in [5.74, 6) is 2.13. The number of urea groups is 1. The number of hydrogen-bond donors (Lipinski definition) is 1. The first-order valence-electron chi connectivity index (χ1n) is 12.4. The number of fused-ring (bicyclic) bond motifs is 1. The van der Waals surface area contributed by atoms with Gasteiger partial charge in [-0.1, -0.05) is 30.3 Å². The van der Waals surface area contributed by atoms with Crippen molar-refractivity contribution in [1.82, 2.24) is 14.9 Å². The van der Waals surface area contributed by atoms with E-state index in [9.17, 15) is 18.0 Å². The SMILES string of the molecule is COc1ccccc1Cc1nc2c(c(N3CCOCC3)n1)CN(C(=O)Nc1ccccc1C(F)(F)F)CC2. The van der Waals surface area contributed by atoms with Crippen LogP contribution in [0.3, 0.4) is 0 Å². The number of nitrogens with zero attached hydrogens (tertiary/aromatic N) is 4. The molecule has 38 heavy (non-hydrogen) atoms. The highest BCUT2D eigenvalue weighted by Crippen LogP contribution is 2.35. The molecular formula is C27H28F3N5O3. The fraction of sp³-hybridized carbons (Fsp3) is 0.370. The highest BCUT2D eigenvalue weighted by molar-refractivity contribution is 5.90. The molecule has 0 aliphatic carbocycles. The van der Waals surface area contributed by atoms with E-state index in [2.05, 4.69) is 10.2 Å². The summed E-state index contributed by atoms with van der Waals surface area (Å²) >= 11 is 0. The fourth-order valence-electron chi connectivity index (χ4n) is 4.79. The third-order valence-electron chi connectivity index (χ3n) is 6.70. The van der Waals surface area contributed by atoms with Crippen LogP contribution in [-0.4, -0.2) is 60.9 Å². The van der Waals surface area contributed by atoms with Gasteiger partial charge in [-0.15, -0.1) is 0 Å². The van der Waals surface area contributed by atoms with Crippen molar-refractivity contribution in [2.24, 2.45) is 0 Å². The Hall–Kier alpha value is -3.86. The number of carbonyl (C=O) groups is 1. The van der Waals surface area contributed by atoms with Gasteiger partial charge in [0.05, 0.1) is 43.8 Å². The Kier molecular flexibility index (Phi) is 7.37. The average molecular weight is 528 g/mol. The van der Waals surface area contributed by atoms with Crippen LogP contribution in [0.25, 0.3) is 0 Å². The number of rotatable bonds is 5. The Bertz CT molecular complexity index is 1310. The van der Waals surface area contributed by atoms with Gasteiger partial charge in [0.15, 0.2) is 0 Å². The number of anilines is 2. The van der Waals surface area contributed by atoms with Gasteiger partial charge in [-0.05, 0) is 18.2 Å². The molecule has 200 valence electrons. The molecule has 1 aromatic heterocycles. The number of alkyl halides is 3. The lowest BCUT2D eigenvalue weighted by Crippen LogP contribution is -2.42. The minimum atomic E-state index is -4.58. The van der Waals surface area contributed by atoms with E-state index in [0.717, 1.165) is 34.5 Å². The van der Waals surface area contributed by atoms with Crippen molar-refractivity contribution in [3.05, 3.63) is 76.7 Å². The topological polar surface area (TPSA) is 79.8 Å². The Morgan fingerprint density at radius 2 is 1.79 bits per heavy atom. The number of ether oxygens (including phenoxy) is 2. The van der Waals surface area contributed by atoms with E-state index in [0.29, 0.717) is 51.5 Å². The first-order chi connectivity index (χ1) is 18.3. The third-order valence-corrected chi connectivity index (χ3v) is 6.70. The molecule has 1 N–H and O–H groups in total. The normalized spacial score (nSPS) is 15.7. The predicted octanol–water partition coefficient (Wildman–Crippen LogP) is 4.52. The number of benzene rings is 2. The molecule has 2 aliphatic rings. The molecule has 1 saturated heterocycles. The monoisotopic (exact) mass is 527 g/mol. The van der Waals surface area contributed by atoms with Gasteiger partial charge in [-0.25, -0.2) is 14.8 Å². The third kappa shape index (κ3) is 5.52.